The number of hydrogen-bond acceptors (Lipinski definition) is 4. The van der Waals surface area contributed by atoms with Crippen LogP contribution < -0.4 is 5.32 Å². The molecule has 15 heavy (non-hydrogen) atoms. The summed E-state index contributed by atoms with van der Waals surface area (Å²) in [4.78, 5) is 32.5. The van der Waals surface area contributed by atoms with Gasteiger partial charge in [-0.3, -0.25) is 19.7 Å². The number of alkyl halides is 1. The molecule has 2 unspecified atom stereocenters. The van der Waals surface area contributed by atoms with Crippen molar-refractivity contribution in [3.63, 3.8) is 0 Å². The highest BCUT2D eigenvalue weighted by molar-refractivity contribution is 14.1. The Morgan fingerprint density at radius 2 is 2.20 bits per heavy atom. The van der Waals surface area contributed by atoms with Gasteiger partial charge in [0.1, 0.15) is 0 Å². The SMILES string of the molecule is O=C(O)CCC(I)C1(O)CC(=O)NC1=O. The summed E-state index contributed by atoms with van der Waals surface area (Å²) in [7, 11) is 0. The fourth-order valence-electron chi connectivity index (χ4n) is 1.35. The molecule has 7 heteroatoms. The molecule has 84 valence electrons. The first-order valence-electron chi connectivity index (χ1n) is 4.29. The van der Waals surface area contributed by atoms with Gasteiger partial charge in [-0.25, -0.2) is 0 Å². The molecule has 2 atom stereocenters. The normalized spacial score (nSPS) is 27.6. The molecule has 1 rings (SSSR count). The molecule has 0 spiro atoms. The quantitative estimate of drug-likeness (QED) is 0.365. The summed E-state index contributed by atoms with van der Waals surface area (Å²) in [5, 5.41) is 20.3. The fraction of sp³-hybridized carbons (Fsp3) is 0.625. The second-order valence-electron chi connectivity index (χ2n) is 3.38. The van der Waals surface area contributed by atoms with Crippen molar-refractivity contribution in [1.29, 1.82) is 0 Å². The van der Waals surface area contributed by atoms with Crippen molar-refractivity contribution in [2.24, 2.45) is 0 Å². The van der Waals surface area contributed by atoms with E-state index < -0.39 is 27.3 Å². The Hall–Kier alpha value is -0.700. The average molecular weight is 327 g/mol. The van der Waals surface area contributed by atoms with Crippen molar-refractivity contribution in [3.8, 4) is 0 Å². The van der Waals surface area contributed by atoms with Gasteiger partial charge < -0.3 is 10.2 Å². The lowest BCUT2D eigenvalue weighted by Gasteiger charge is -2.23. The third-order valence-corrected chi connectivity index (χ3v) is 3.86. The van der Waals surface area contributed by atoms with Crippen molar-refractivity contribution in [3.05, 3.63) is 0 Å². The van der Waals surface area contributed by atoms with E-state index in [2.05, 4.69) is 0 Å². The molecule has 0 bridgehead atoms. The van der Waals surface area contributed by atoms with Crippen LogP contribution in [0.15, 0.2) is 0 Å². The van der Waals surface area contributed by atoms with E-state index in [4.69, 9.17) is 5.11 Å². The lowest BCUT2D eigenvalue weighted by atomic mass is 9.95. The van der Waals surface area contributed by atoms with Gasteiger partial charge in [0.2, 0.25) is 5.91 Å². The van der Waals surface area contributed by atoms with Crippen LogP contribution >= 0.6 is 22.6 Å². The molecule has 6 nitrogen and oxygen atoms in total. The molecule has 0 aromatic carbocycles. The standard InChI is InChI=1S/C8H10INO5/c9-4(1-2-6(12)13)8(15)3-5(11)10-7(8)14/h4,15H,1-3H2,(H,12,13)(H,10,11,14). The third-order valence-electron chi connectivity index (χ3n) is 2.21. The number of hydrogen-bond donors (Lipinski definition) is 3. The number of imide groups is 1. The Morgan fingerprint density at radius 1 is 1.60 bits per heavy atom. The average Bonchev–Trinajstić information content (AvgIpc) is 2.37. The Kier molecular flexibility index (Phi) is 3.66. The maximum Gasteiger partial charge on any atom is 0.303 e. The van der Waals surface area contributed by atoms with E-state index in [1.807, 2.05) is 5.32 Å². The van der Waals surface area contributed by atoms with Crippen LogP contribution in [0, 0.1) is 0 Å². The van der Waals surface area contributed by atoms with Gasteiger partial charge >= 0.3 is 5.97 Å². The number of rotatable bonds is 4. The molecule has 0 aromatic heterocycles. The van der Waals surface area contributed by atoms with Gasteiger partial charge in [-0.2, -0.15) is 0 Å². The molecule has 1 heterocycles. The van der Waals surface area contributed by atoms with Crippen molar-refractivity contribution >= 4 is 40.4 Å². The topological polar surface area (TPSA) is 104 Å². The summed E-state index contributed by atoms with van der Waals surface area (Å²) in [5.74, 6) is -2.26. The first-order chi connectivity index (χ1) is 6.86. The molecule has 0 saturated carbocycles. The summed E-state index contributed by atoms with van der Waals surface area (Å²) in [5.41, 5.74) is -1.76. The molecule has 1 aliphatic rings. The Balaban J connectivity index is 2.65. The summed E-state index contributed by atoms with van der Waals surface area (Å²) < 4.78 is -0.586. The van der Waals surface area contributed by atoms with E-state index in [0.29, 0.717) is 0 Å². The van der Waals surface area contributed by atoms with Crippen LogP contribution in [0.4, 0.5) is 0 Å². The van der Waals surface area contributed by atoms with Gasteiger partial charge in [-0.1, -0.05) is 22.6 Å². The van der Waals surface area contributed by atoms with E-state index in [1.165, 1.54) is 0 Å². The molecule has 0 aromatic rings. The highest BCUT2D eigenvalue weighted by atomic mass is 127. The Bertz CT molecular complexity index is 318. The van der Waals surface area contributed by atoms with Crippen LogP contribution in [0.1, 0.15) is 19.3 Å². The number of carbonyl (C=O) groups excluding carboxylic acids is 2. The third kappa shape index (κ3) is 2.65. The molecule has 1 aliphatic heterocycles. The number of amides is 2. The van der Waals surface area contributed by atoms with E-state index in [-0.39, 0.29) is 19.3 Å². The smallest absolute Gasteiger partial charge is 0.303 e. The molecule has 0 aliphatic carbocycles. The number of halogens is 1. The summed E-state index contributed by atoms with van der Waals surface area (Å²) in [6, 6.07) is 0. The lowest BCUT2D eigenvalue weighted by Crippen LogP contribution is -2.45. The largest absolute Gasteiger partial charge is 0.481 e. The first kappa shape index (κ1) is 12.4. The van der Waals surface area contributed by atoms with Crippen LogP contribution in [-0.2, 0) is 14.4 Å². The summed E-state index contributed by atoms with van der Waals surface area (Å²) >= 11 is 1.79. The fourth-order valence-corrected chi connectivity index (χ4v) is 2.16. The van der Waals surface area contributed by atoms with E-state index >= 15 is 0 Å². The van der Waals surface area contributed by atoms with Gasteiger partial charge in [0.15, 0.2) is 5.60 Å². The zero-order valence-electron chi connectivity index (χ0n) is 7.70. The second-order valence-corrected chi connectivity index (χ2v) is 4.88. The van der Waals surface area contributed by atoms with Crippen LogP contribution in [0.5, 0.6) is 0 Å². The predicted molar refractivity (Wildman–Crippen MR) is 57.4 cm³/mol. The minimum Gasteiger partial charge on any atom is -0.481 e. The molecule has 1 saturated heterocycles. The van der Waals surface area contributed by atoms with Gasteiger partial charge in [0.05, 0.1) is 6.42 Å². The maximum absolute atomic E-state index is 11.3. The molecular weight excluding hydrogens is 317 g/mol. The monoisotopic (exact) mass is 327 g/mol. The van der Waals surface area contributed by atoms with Crippen molar-refractivity contribution in [1.82, 2.24) is 5.32 Å². The number of aliphatic hydroxyl groups is 1. The Labute approximate surface area is 99.2 Å². The highest BCUT2D eigenvalue weighted by Gasteiger charge is 2.49. The van der Waals surface area contributed by atoms with Gasteiger partial charge in [-0.05, 0) is 6.42 Å². The number of carboxylic acid groups (broad SMARTS) is 1. The minimum atomic E-state index is -1.76. The Morgan fingerprint density at radius 3 is 2.60 bits per heavy atom. The van der Waals surface area contributed by atoms with Crippen molar-refractivity contribution in [2.75, 3.05) is 0 Å². The van der Waals surface area contributed by atoms with Crippen LogP contribution in [-0.4, -0.2) is 37.5 Å². The second kappa shape index (κ2) is 4.44. The lowest BCUT2D eigenvalue weighted by molar-refractivity contribution is -0.139. The minimum absolute atomic E-state index is 0.141. The van der Waals surface area contributed by atoms with Gasteiger partial charge in [0, 0.05) is 10.3 Å². The first-order valence-corrected chi connectivity index (χ1v) is 5.53. The van der Waals surface area contributed by atoms with E-state index in [1.54, 1.807) is 22.6 Å². The number of carbonyl (C=O) groups is 3. The van der Waals surface area contributed by atoms with Crippen LogP contribution in [0.2, 0.25) is 0 Å². The number of nitrogens with one attached hydrogen (secondary N) is 1. The van der Waals surface area contributed by atoms with Gasteiger partial charge in [0.25, 0.3) is 5.91 Å². The zero-order chi connectivity index (χ0) is 11.6. The van der Waals surface area contributed by atoms with E-state index in [9.17, 15) is 19.5 Å². The molecular formula is C8H10INO5. The van der Waals surface area contributed by atoms with Crippen molar-refractivity contribution < 1.29 is 24.6 Å². The van der Waals surface area contributed by atoms with Crippen molar-refractivity contribution in [2.45, 2.75) is 28.8 Å². The van der Waals surface area contributed by atoms with E-state index in [0.717, 1.165) is 0 Å². The number of aliphatic carboxylic acids is 1. The molecule has 1 fully saturated rings. The van der Waals surface area contributed by atoms with Crippen LogP contribution in [0.3, 0.4) is 0 Å². The zero-order valence-corrected chi connectivity index (χ0v) is 9.85. The molecule has 3 N–H and O–H groups in total. The maximum atomic E-state index is 11.3. The summed E-state index contributed by atoms with van der Waals surface area (Å²) in [6.07, 6.45) is -0.288. The highest BCUT2D eigenvalue weighted by Crippen LogP contribution is 2.30. The van der Waals surface area contributed by atoms with Gasteiger partial charge in [-0.15, -0.1) is 0 Å². The molecule has 2 amide bonds. The summed E-state index contributed by atoms with van der Waals surface area (Å²) in [6.45, 7) is 0. The number of carboxylic acids is 1. The predicted octanol–water partition coefficient (Wildman–Crippen LogP) is -0.568. The molecule has 0 radical (unpaired) electrons. The van der Waals surface area contributed by atoms with Crippen LogP contribution in [0.25, 0.3) is 0 Å².